The minimum Gasteiger partial charge on any atom is -0.550 e. The van der Waals surface area contributed by atoms with Gasteiger partial charge in [-0.25, -0.2) is 4.79 Å². The average molecular weight is 523 g/mol. The van der Waals surface area contributed by atoms with Crippen molar-refractivity contribution < 1.29 is 49.0 Å². The summed E-state index contributed by atoms with van der Waals surface area (Å²) in [4.78, 5) is 42.8. The predicted molar refractivity (Wildman–Crippen MR) is 140 cm³/mol. The Balaban J connectivity index is 0.00000400. The second-order valence-electron chi connectivity index (χ2n) is 9.54. The Kier molecular flexibility index (Phi) is 10.5. The van der Waals surface area contributed by atoms with Gasteiger partial charge in [-0.1, -0.05) is 49.4 Å². The summed E-state index contributed by atoms with van der Waals surface area (Å²) in [7, 11) is 0. The quantitative estimate of drug-likeness (QED) is 0.432. The van der Waals surface area contributed by atoms with Crippen LogP contribution in [0.2, 0.25) is 0 Å². The summed E-state index contributed by atoms with van der Waals surface area (Å²) < 4.78 is 0. The molecule has 4 rings (SSSR count). The number of aromatic nitrogens is 1. The third kappa shape index (κ3) is 7.66. The largest absolute Gasteiger partial charge is 1.00 e. The molecule has 1 fully saturated rings. The van der Waals surface area contributed by atoms with Gasteiger partial charge in [0.2, 0.25) is 5.91 Å². The molecule has 3 amide bonds. The maximum absolute atomic E-state index is 13.3. The van der Waals surface area contributed by atoms with E-state index in [0.29, 0.717) is 24.5 Å². The van der Waals surface area contributed by atoms with Crippen LogP contribution < -0.4 is 45.3 Å². The molecule has 1 aromatic heterocycles. The zero-order valence-corrected chi connectivity index (χ0v) is 24.1. The van der Waals surface area contributed by atoms with Crippen LogP contribution in [0.4, 0.5) is 16.2 Å². The Hall–Kier alpha value is -3.20. The van der Waals surface area contributed by atoms with Crippen LogP contribution in [0.25, 0.3) is 0 Å². The second-order valence-corrected chi connectivity index (χ2v) is 9.54. The molecule has 3 aromatic rings. The maximum Gasteiger partial charge on any atom is 1.00 e. The van der Waals surface area contributed by atoms with Gasteiger partial charge >= 0.3 is 35.6 Å². The van der Waals surface area contributed by atoms with Crippen molar-refractivity contribution in [2.24, 2.45) is 0 Å². The fourth-order valence-corrected chi connectivity index (χ4v) is 4.59. The molecule has 1 unspecified atom stereocenters. The van der Waals surface area contributed by atoms with Crippen molar-refractivity contribution in [2.45, 2.75) is 51.5 Å². The van der Waals surface area contributed by atoms with Crippen molar-refractivity contribution in [1.29, 1.82) is 0 Å². The summed E-state index contributed by atoms with van der Waals surface area (Å²) in [5.74, 6) is -1.49. The van der Waals surface area contributed by atoms with Gasteiger partial charge in [-0.15, -0.1) is 0 Å². The van der Waals surface area contributed by atoms with Crippen LogP contribution in [0.1, 0.15) is 60.4 Å². The van der Waals surface area contributed by atoms with Gasteiger partial charge in [-0.05, 0) is 67.0 Å². The van der Waals surface area contributed by atoms with Crippen LogP contribution in [0, 0.1) is 6.92 Å². The number of rotatable bonds is 8. The first kappa shape index (κ1) is 29.4. The number of amides is 3. The number of para-hydroxylation sites is 1. The number of pyridine rings is 1. The number of nitrogens with one attached hydrogen (secondary N) is 2. The third-order valence-corrected chi connectivity index (χ3v) is 6.72. The molecule has 0 bridgehead atoms. The van der Waals surface area contributed by atoms with Crippen LogP contribution in [-0.4, -0.2) is 34.3 Å². The van der Waals surface area contributed by atoms with E-state index >= 15 is 0 Å². The number of carboxylic acids is 1. The van der Waals surface area contributed by atoms with Gasteiger partial charge in [0.15, 0.2) is 0 Å². The molecular weight excluding hydrogens is 491 g/mol. The summed E-state index contributed by atoms with van der Waals surface area (Å²) in [5.41, 5.74) is 4.85. The first-order chi connectivity index (χ1) is 17.8. The number of benzene rings is 2. The van der Waals surface area contributed by atoms with E-state index in [4.69, 9.17) is 0 Å². The number of carboxylic acid groups (broad SMARTS) is 1. The van der Waals surface area contributed by atoms with E-state index in [1.54, 1.807) is 18.3 Å². The number of nitrogens with zero attached hydrogens (tertiary/aromatic N) is 2. The Labute approximate surface area is 245 Å². The Morgan fingerprint density at radius 3 is 2.47 bits per heavy atom. The number of hydrogen-bond acceptors (Lipinski definition) is 5. The van der Waals surface area contributed by atoms with E-state index < -0.39 is 5.97 Å². The summed E-state index contributed by atoms with van der Waals surface area (Å²) in [6.45, 7) is 4.94. The Morgan fingerprint density at radius 2 is 1.82 bits per heavy atom. The fraction of sp³-hybridized carbons (Fsp3) is 0.310. The van der Waals surface area contributed by atoms with Crippen molar-refractivity contribution in [3.05, 3.63) is 89.2 Å². The molecule has 2 aromatic carbocycles. The molecule has 0 aliphatic carbocycles. The summed E-state index contributed by atoms with van der Waals surface area (Å²) >= 11 is 0. The predicted octanol–water partition coefficient (Wildman–Crippen LogP) is 1.19. The second kappa shape index (κ2) is 13.6. The van der Waals surface area contributed by atoms with E-state index in [1.165, 1.54) is 0 Å². The molecule has 9 heteroatoms. The number of aryl methyl sites for hydroxylation is 1. The number of aliphatic carboxylic acids is 1. The first-order valence-electron chi connectivity index (χ1n) is 12.5. The van der Waals surface area contributed by atoms with E-state index in [9.17, 15) is 19.5 Å². The van der Waals surface area contributed by atoms with Gasteiger partial charge in [0.1, 0.15) is 0 Å². The minimum atomic E-state index is -1.07. The summed E-state index contributed by atoms with van der Waals surface area (Å²) in [5, 5.41) is 16.5. The first-order valence-corrected chi connectivity index (χ1v) is 12.5. The van der Waals surface area contributed by atoms with Gasteiger partial charge in [-0.2, -0.15) is 0 Å². The van der Waals surface area contributed by atoms with Crippen LogP contribution >= 0.6 is 0 Å². The standard InChI is InChI=1S/C29H32N4O4.Na/c1-19-6-3-4-8-25(19)32-29(37)31-23-13-14-26(30-17-23)24-7-5-15-33(28(24)36)18-21-9-11-22(12-10-21)20(2)16-27(34)35;/h3-4,6,8-14,17,20,24H,5,7,15-16,18H2,1-2H3,(H,34,35)(H2,31,32,37);/q;+1/p-1/t20-,24?;/m1./s1. The van der Waals surface area contributed by atoms with Gasteiger partial charge in [0.05, 0.1) is 23.5 Å². The zero-order chi connectivity index (χ0) is 26.4. The Morgan fingerprint density at radius 1 is 1.08 bits per heavy atom. The van der Waals surface area contributed by atoms with E-state index in [1.807, 2.05) is 67.3 Å². The van der Waals surface area contributed by atoms with Gasteiger partial charge in [-0.3, -0.25) is 9.78 Å². The van der Waals surface area contributed by atoms with E-state index in [-0.39, 0.29) is 59.8 Å². The molecular formula is C29H31N4NaO4. The molecule has 8 nitrogen and oxygen atoms in total. The van der Waals surface area contributed by atoms with Crippen molar-refractivity contribution in [3.63, 3.8) is 0 Å². The van der Waals surface area contributed by atoms with Gasteiger partial charge < -0.3 is 25.4 Å². The Bertz CT molecular complexity index is 1260. The third-order valence-electron chi connectivity index (χ3n) is 6.72. The number of carbonyl (C=O) groups is 3. The molecule has 0 radical (unpaired) electrons. The van der Waals surface area contributed by atoms with E-state index in [0.717, 1.165) is 35.2 Å². The molecule has 1 aliphatic rings. The zero-order valence-electron chi connectivity index (χ0n) is 22.1. The molecule has 2 heterocycles. The molecule has 38 heavy (non-hydrogen) atoms. The molecule has 0 spiro atoms. The fourth-order valence-electron chi connectivity index (χ4n) is 4.59. The molecule has 1 saturated heterocycles. The molecule has 2 N–H and O–H groups in total. The van der Waals surface area contributed by atoms with Gasteiger partial charge in [0, 0.05) is 24.7 Å². The smallest absolute Gasteiger partial charge is 0.550 e. The normalized spacial score (nSPS) is 15.8. The van der Waals surface area contributed by atoms with Gasteiger partial charge in [0.25, 0.3) is 0 Å². The minimum absolute atomic E-state index is 0. The number of hydrogen-bond donors (Lipinski definition) is 2. The van der Waals surface area contributed by atoms with Crippen LogP contribution in [-0.2, 0) is 16.1 Å². The number of urea groups is 1. The van der Waals surface area contributed by atoms with Crippen LogP contribution in [0.3, 0.4) is 0 Å². The van der Waals surface area contributed by atoms with Crippen LogP contribution in [0.5, 0.6) is 0 Å². The average Bonchev–Trinajstić information content (AvgIpc) is 2.87. The molecule has 1 aliphatic heterocycles. The molecule has 0 saturated carbocycles. The van der Waals surface area contributed by atoms with Crippen molar-refractivity contribution in [2.75, 3.05) is 17.2 Å². The molecule has 2 atom stereocenters. The monoisotopic (exact) mass is 522 g/mol. The molecule has 192 valence electrons. The van der Waals surface area contributed by atoms with Crippen molar-refractivity contribution >= 4 is 29.3 Å². The SMILES string of the molecule is Cc1ccccc1NC(=O)Nc1ccc(C2CCCN(Cc3ccc([C@H](C)CC(=O)[O-])cc3)C2=O)nc1.[Na+]. The number of carbonyl (C=O) groups excluding carboxylic acids is 3. The summed E-state index contributed by atoms with van der Waals surface area (Å²) in [6, 6.07) is 18.4. The van der Waals surface area contributed by atoms with E-state index in [2.05, 4.69) is 15.6 Å². The maximum atomic E-state index is 13.3. The number of likely N-dealkylation sites (tertiary alicyclic amines) is 1. The number of piperidine rings is 1. The van der Waals surface area contributed by atoms with Crippen molar-refractivity contribution in [1.82, 2.24) is 9.88 Å². The van der Waals surface area contributed by atoms with Crippen LogP contribution in [0.15, 0.2) is 66.9 Å². The van der Waals surface area contributed by atoms with Crippen molar-refractivity contribution in [3.8, 4) is 0 Å². The topological polar surface area (TPSA) is 114 Å². The summed E-state index contributed by atoms with van der Waals surface area (Å²) in [6.07, 6.45) is 3.15. The number of anilines is 2.